The van der Waals surface area contributed by atoms with Crippen LogP contribution < -0.4 is 0 Å². The van der Waals surface area contributed by atoms with E-state index in [4.69, 9.17) is 15.0 Å². The molecular weight excluding hydrogens is 809 g/mol. The van der Waals surface area contributed by atoms with Crippen LogP contribution in [0.15, 0.2) is 206 Å². The van der Waals surface area contributed by atoms with Crippen LogP contribution in [0.5, 0.6) is 0 Å². The van der Waals surface area contributed by atoms with Gasteiger partial charge in [0.15, 0.2) is 17.5 Å². The number of fused-ring (bicyclic) bond motifs is 9. The van der Waals surface area contributed by atoms with Crippen molar-refractivity contribution < 1.29 is 0 Å². The van der Waals surface area contributed by atoms with Crippen molar-refractivity contribution in [3.05, 3.63) is 217 Å². The maximum atomic E-state index is 5.15. The summed E-state index contributed by atoms with van der Waals surface area (Å²) in [5, 5.41) is 4.80. The highest BCUT2D eigenvalue weighted by molar-refractivity contribution is 7.26. The fourth-order valence-corrected chi connectivity index (χ4v) is 11.4. The number of thiophene rings is 1. The molecule has 13 rings (SSSR count). The van der Waals surface area contributed by atoms with E-state index in [1.807, 2.05) is 47.7 Å². The topological polar surface area (TPSA) is 43.6 Å². The third kappa shape index (κ3) is 6.00. The molecule has 0 aliphatic heterocycles. The van der Waals surface area contributed by atoms with Gasteiger partial charge in [-0.2, -0.15) is 0 Å². The first-order chi connectivity index (χ1) is 32.0. The third-order valence-corrected chi connectivity index (χ3v) is 14.6. The largest absolute Gasteiger partial charge is 0.309 e. The van der Waals surface area contributed by atoms with Crippen LogP contribution in [-0.4, -0.2) is 19.5 Å². The molecule has 1 aliphatic carbocycles. The van der Waals surface area contributed by atoms with Crippen molar-refractivity contribution in [1.29, 1.82) is 0 Å². The maximum absolute atomic E-state index is 5.15. The van der Waals surface area contributed by atoms with Crippen LogP contribution in [0.3, 0.4) is 0 Å². The highest BCUT2D eigenvalue weighted by Crippen LogP contribution is 2.50. The van der Waals surface area contributed by atoms with Gasteiger partial charge >= 0.3 is 0 Å². The van der Waals surface area contributed by atoms with Gasteiger partial charge in [-0.25, -0.2) is 15.0 Å². The highest BCUT2D eigenvalue weighted by atomic mass is 32.1. The van der Waals surface area contributed by atoms with E-state index in [0.717, 1.165) is 33.3 Å². The van der Waals surface area contributed by atoms with E-state index < -0.39 is 0 Å². The van der Waals surface area contributed by atoms with Crippen LogP contribution in [0, 0.1) is 0 Å². The minimum atomic E-state index is -0.0680. The fraction of sp³-hybridized carbons (Fsp3) is 0.0500. The zero-order valence-electron chi connectivity index (χ0n) is 35.8. The molecule has 0 N–H and O–H groups in total. The summed E-state index contributed by atoms with van der Waals surface area (Å²) in [4.78, 5) is 15.3. The first-order valence-corrected chi connectivity index (χ1v) is 23.0. The smallest absolute Gasteiger partial charge is 0.164 e. The van der Waals surface area contributed by atoms with Gasteiger partial charge in [-0.15, -0.1) is 11.3 Å². The minimum Gasteiger partial charge on any atom is -0.309 e. The summed E-state index contributed by atoms with van der Waals surface area (Å²) >= 11 is 1.81. The molecule has 5 heteroatoms. The SMILES string of the molecule is CC1(C)c2ccccc2-c2ccc(-c3ccc4c(c3)c3cc(-c5ccc6sc7cccc(-c8nc(-c9ccccc9)nc(-c9ccccc9)n8)c7c6c5)ccc3n4-c3ccccc3)cc21. The molecule has 0 bridgehead atoms. The molecule has 0 fully saturated rings. The van der Waals surface area contributed by atoms with Gasteiger partial charge in [-0.3, -0.25) is 0 Å². The Kier molecular flexibility index (Phi) is 8.39. The van der Waals surface area contributed by atoms with Gasteiger partial charge in [0.25, 0.3) is 0 Å². The Morgan fingerprint density at radius 2 is 0.877 bits per heavy atom. The number of benzene rings is 9. The molecule has 1 aliphatic rings. The van der Waals surface area contributed by atoms with Crippen molar-refractivity contribution in [2.24, 2.45) is 0 Å². The maximum Gasteiger partial charge on any atom is 0.164 e. The second-order valence-corrected chi connectivity index (χ2v) is 18.7. The molecule has 4 nitrogen and oxygen atoms in total. The lowest BCUT2D eigenvalue weighted by molar-refractivity contribution is 0.660. The molecule has 65 heavy (non-hydrogen) atoms. The van der Waals surface area contributed by atoms with Crippen LogP contribution in [0.25, 0.3) is 115 Å². The van der Waals surface area contributed by atoms with Crippen molar-refractivity contribution in [1.82, 2.24) is 19.5 Å². The molecule has 306 valence electrons. The van der Waals surface area contributed by atoms with E-state index in [0.29, 0.717) is 17.5 Å². The lowest BCUT2D eigenvalue weighted by Gasteiger charge is -2.22. The van der Waals surface area contributed by atoms with Crippen LogP contribution in [0.1, 0.15) is 25.0 Å². The van der Waals surface area contributed by atoms with Crippen molar-refractivity contribution in [3.63, 3.8) is 0 Å². The molecule has 12 aromatic rings. The van der Waals surface area contributed by atoms with Crippen molar-refractivity contribution in [2.75, 3.05) is 0 Å². The third-order valence-electron chi connectivity index (χ3n) is 13.5. The van der Waals surface area contributed by atoms with Crippen LogP contribution in [-0.2, 0) is 5.41 Å². The molecule has 0 radical (unpaired) electrons. The predicted octanol–water partition coefficient (Wildman–Crippen LogP) is 16.0. The Morgan fingerprint density at radius 3 is 1.54 bits per heavy atom. The van der Waals surface area contributed by atoms with E-state index in [2.05, 4.69) is 188 Å². The Labute approximate surface area is 380 Å². The minimum absolute atomic E-state index is 0.0680. The second-order valence-electron chi connectivity index (χ2n) is 17.6. The van der Waals surface area contributed by atoms with Gasteiger partial charge in [-0.1, -0.05) is 159 Å². The number of hydrogen-bond acceptors (Lipinski definition) is 4. The van der Waals surface area contributed by atoms with E-state index >= 15 is 0 Å². The summed E-state index contributed by atoms with van der Waals surface area (Å²) < 4.78 is 4.83. The molecule has 3 aromatic heterocycles. The summed E-state index contributed by atoms with van der Waals surface area (Å²) in [5.41, 5.74) is 16.6. The first-order valence-electron chi connectivity index (χ1n) is 22.2. The second kappa shape index (κ2) is 14.5. The van der Waals surface area contributed by atoms with Crippen LogP contribution >= 0.6 is 11.3 Å². The summed E-state index contributed by atoms with van der Waals surface area (Å²) in [6.07, 6.45) is 0. The molecule has 0 unspecified atom stereocenters. The molecular formula is C60H40N4S. The average molecular weight is 849 g/mol. The van der Waals surface area contributed by atoms with Gasteiger partial charge in [0.1, 0.15) is 0 Å². The van der Waals surface area contributed by atoms with E-state index in [1.165, 1.54) is 75.5 Å². The Balaban J connectivity index is 0.972. The van der Waals surface area contributed by atoms with Crippen molar-refractivity contribution >= 4 is 53.3 Å². The number of para-hydroxylation sites is 1. The Morgan fingerprint density at radius 1 is 0.369 bits per heavy atom. The zero-order valence-corrected chi connectivity index (χ0v) is 36.6. The molecule has 0 atom stereocenters. The highest BCUT2D eigenvalue weighted by Gasteiger charge is 2.35. The summed E-state index contributed by atoms with van der Waals surface area (Å²) in [6.45, 7) is 4.71. The standard InChI is InChI=1S/C60H40N4S/c1-60(2)50-23-13-12-21-44(50)45-29-25-42(36-51(45)60)40-27-31-53-48(34-40)47-33-39(26-30-52(47)64(53)43-19-10-5-11-20-43)41-28-32-54-49(35-41)56-46(22-14-24-55(56)65-54)59-62-57(37-15-6-3-7-16-37)61-58(63-59)38-17-8-4-9-18-38/h3-36H,1-2H3. The number of rotatable bonds is 6. The molecule has 0 saturated carbocycles. The quantitative estimate of drug-likeness (QED) is 0.167. The zero-order chi connectivity index (χ0) is 43.2. The van der Waals surface area contributed by atoms with Crippen LogP contribution in [0.2, 0.25) is 0 Å². The summed E-state index contributed by atoms with van der Waals surface area (Å²) in [5.74, 6) is 1.97. The van der Waals surface area contributed by atoms with E-state index in [1.54, 1.807) is 0 Å². The van der Waals surface area contributed by atoms with Crippen molar-refractivity contribution in [3.8, 4) is 73.2 Å². The van der Waals surface area contributed by atoms with E-state index in [-0.39, 0.29) is 5.41 Å². The Bertz CT molecular complexity index is 3790. The van der Waals surface area contributed by atoms with Gasteiger partial charge in [0, 0.05) is 58.7 Å². The fourth-order valence-electron chi connectivity index (χ4n) is 10.2. The molecule has 3 heterocycles. The average Bonchev–Trinajstić information content (AvgIpc) is 3.99. The number of hydrogen-bond donors (Lipinski definition) is 0. The number of nitrogens with zero attached hydrogens (tertiary/aromatic N) is 4. The molecule has 0 amide bonds. The predicted molar refractivity (Wildman–Crippen MR) is 272 cm³/mol. The van der Waals surface area contributed by atoms with Gasteiger partial charge in [-0.05, 0) is 105 Å². The molecule has 9 aromatic carbocycles. The monoisotopic (exact) mass is 848 g/mol. The van der Waals surface area contributed by atoms with E-state index in [9.17, 15) is 0 Å². The van der Waals surface area contributed by atoms with Gasteiger partial charge < -0.3 is 4.57 Å². The van der Waals surface area contributed by atoms with Gasteiger partial charge in [0.05, 0.1) is 11.0 Å². The van der Waals surface area contributed by atoms with Gasteiger partial charge in [0.2, 0.25) is 0 Å². The molecule has 0 saturated heterocycles. The lowest BCUT2D eigenvalue weighted by atomic mass is 9.81. The van der Waals surface area contributed by atoms with Crippen LogP contribution in [0.4, 0.5) is 0 Å². The summed E-state index contributed by atoms with van der Waals surface area (Å²) in [6, 6.07) is 74.4. The Hall–Kier alpha value is -7.99. The van der Waals surface area contributed by atoms with Crippen molar-refractivity contribution in [2.45, 2.75) is 19.3 Å². The lowest BCUT2D eigenvalue weighted by Crippen LogP contribution is -2.14. The molecule has 0 spiro atoms. The summed E-state index contributed by atoms with van der Waals surface area (Å²) in [7, 11) is 0. The number of aromatic nitrogens is 4. The normalized spacial score (nSPS) is 12.9. The first kappa shape index (κ1) is 37.6.